The van der Waals surface area contributed by atoms with E-state index in [0.717, 1.165) is 25.7 Å². The zero-order valence-corrected chi connectivity index (χ0v) is 19.6. The number of unbranched alkanes of at least 4 members (excludes halogenated alkanes) is 2. The van der Waals surface area contributed by atoms with Gasteiger partial charge in [0.15, 0.2) is 0 Å². The molecule has 1 N–H and O–H groups in total. The van der Waals surface area contributed by atoms with Crippen molar-refractivity contribution in [1.82, 2.24) is 0 Å². The van der Waals surface area contributed by atoms with Crippen LogP contribution in [-0.2, 0) is 25.7 Å². The van der Waals surface area contributed by atoms with E-state index in [0.29, 0.717) is 0 Å². The number of aliphatic hydroxyl groups excluding tert-OH is 1. The lowest BCUT2D eigenvalue weighted by atomic mass is 9.90. The Balaban J connectivity index is 1.86. The number of hydrogen-bond acceptors (Lipinski definition) is 1. The van der Waals surface area contributed by atoms with Gasteiger partial charge in [-0.05, 0) is 83.0 Å². The number of benzene rings is 3. The zero-order chi connectivity index (χ0) is 22.1. The third-order valence-electron chi connectivity index (χ3n) is 6.31. The lowest BCUT2D eigenvalue weighted by Crippen LogP contribution is -1.95. The normalized spacial score (nSPS) is 11.1. The van der Waals surface area contributed by atoms with Crippen molar-refractivity contribution in [3.63, 3.8) is 0 Å². The molecule has 0 saturated heterocycles. The highest BCUT2D eigenvalue weighted by Crippen LogP contribution is 2.32. The minimum atomic E-state index is 0.254. The maximum atomic E-state index is 9.13. The van der Waals surface area contributed by atoms with Gasteiger partial charge < -0.3 is 5.11 Å². The van der Waals surface area contributed by atoms with E-state index in [4.69, 9.17) is 5.11 Å². The quantitative estimate of drug-likeness (QED) is 0.317. The van der Waals surface area contributed by atoms with Gasteiger partial charge in [-0.3, -0.25) is 0 Å². The average molecular weight is 415 g/mol. The Bertz CT molecular complexity index is 953. The molecule has 0 atom stereocenters. The summed E-state index contributed by atoms with van der Waals surface area (Å²) in [6.07, 6.45) is 8.86. The van der Waals surface area contributed by atoms with Gasteiger partial charge in [-0.25, -0.2) is 0 Å². The van der Waals surface area contributed by atoms with Crippen molar-refractivity contribution in [2.75, 3.05) is 6.61 Å². The molecule has 0 unspecified atom stereocenters. The predicted octanol–water partition coefficient (Wildman–Crippen LogP) is 7.80. The molecule has 1 heteroatoms. The van der Waals surface area contributed by atoms with E-state index in [1.807, 2.05) is 0 Å². The van der Waals surface area contributed by atoms with E-state index in [2.05, 4.69) is 81.4 Å². The van der Waals surface area contributed by atoms with Crippen LogP contribution in [0.5, 0.6) is 0 Å². The summed E-state index contributed by atoms with van der Waals surface area (Å²) in [4.78, 5) is 0. The molecule has 0 spiro atoms. The number of aliphatic hydroxyl groups is 1. The molecule has 0 aromatic heterocycles. The SMILES string of the molecule is CCCCCc1ccc(-c2ccc(-c3ccc(CCCO)cc3CC)cc2CC)cc1. The Morgan fingerprint density at radius 1 is 0.581 bits per heavy atom. The van der Waals surface area contributed by atoms with Crippen LogP contribution < -0.4 is 0 Å². The van der Waals surface area contributed by atoms with E-state index in [1.54, 1.807) is 0 Å². The smallest absolute Gasteiger partial charge is 0.0434 e. The lowest BCUT2D eigenvalue weighted by Gasteiger charge is -2.15. The van der Waals surface area contributed by atoms with Gasteiger partial charge in [0.1, 0.15) is 0 Å². The van der Waals surface area contributed by atoms with Crippen LogP contribution in [-0.4, -0.2) is 11.7 Å². The fourth-order valence-corrected chi connectivity index (χ4v) is 4.43. The number of hydrogen-bond donors (Lipinski definition) is 1. The molecule has 0 aliphatic heterocycles. The molecule has 3 rings (SSSR count). The molecule has 164 valence electrons. The minimum Gasteiger partial charge on any atom is -0.396 e. The van der Waals surface area contributed by atoms with Gasteiger partial charge in [0, 0.05) is 6.61 Å². The molecular weight excluding hydrogens is 376 g/mol. The summed E-state index contributed by atoms with van der Waals surface area (Å²) in [5.74, 6) is 0. The second-order valence-corrected chi connectivity index (χ2v) is 8.55. The first-order valence-electron chi connectivity index (χ1n) is 12.1. The van der Waals surface area contributed by atoms with Crippen molar-refractivity contribution in [1.29, 1.82) is 0 Å². The van der Waals surface area contributed by atoms with Crippen LogP contribution in [0.2, 0.25) is 0 Å². The maximum Gasteiger partial charge on any atom is 0.0434 e. The van der Waals surface area contributed by atoms with Gasteiger partial charge in [-0.15, -0.1) is 0 Å². The lowest BCUT2D eigenvalue weighted by molar-refractivity contribution is 0.288. The van der Waals surface area contributed by atoms with E-state index < -0.39 is 0 Å². The molecule has 0 aliphatic rings. The van der Waals surface area contributed by atoms with Gasteiger partial charge in [0.05, 0.1) is 0 Å². The predicted molar refractivity (Wildman–Crippen MR) is 135 cm³/mol. The van der Waals surface area contributed by atoms with Gasteiger partial charge in [0.25, 0.3) is 0 Å². The summed E-state index contributed by atoms with van der Waals surface area (Å²) in [5.41, 5.74) is 10.9. The van der Waals surface area contributed by atoms with Crippen LogP contribution in [0.4, 0.5) is 0 Å². The summed E-state index contributed by atoms with van der Waals surface area (Å²) >= 11 is 0. The van der Waals surface area contributed by atoms with Crippen molar-refractivity contribution in [3.05, 3.63) is 82.9 Å². The summed E-state index contributed by atoms with van der Waals surface area (Å²) in [7, 11) is 0. The monoisotopic (exact) mass is 414 g/mol. The maximum absolute atomic E-state index is 9.13. The van der Waals surface area contributed by atoms with Crippen LogP contribution >= 0.6 is 0 Å². The number of rotatable bonds is 11. The Morgan fingerprint density at radius 2 is 1.16 bits per heavy atom. The van der Waals surface area contributed by atoms with Crippen molar-refractivity contribution in [2.24, 2.45) is 0 Å². The largest absolute Gasteiger partial charge is 0.396 e. The highest BCUT2D eigenvalue weighted by Gasteiger charge is 2.10. The topological polar surface area (TPSA) is 20.2 Å². The first-order valence-corrected chi connectivity index (χ1v) is 12.1. The Morgan fingerprint density at radius 3 is 1.84 bits per heavy atom. The molecule has 0 amide bonds. The summed E-state index contributed by atoms with van der Waals surface area (Å²) in [6.45, 7) is 6.99. The van der Waals surface area contributed by atoms with E-state index in [1.165, 1.54) is 70.2 Å². The molecule has 3 aromatic carbocycles. The molecule has 3 aromatic rings. The van der Waals surface area contributed by atoms with Crippen molar-refractivity contribution < 1.29 is 5.11 Å². The van der Waals surface area contributed by atoms with Crippen LogP contribution in [0.25, 0.3) is 22.3 Å². The Hall–Kier alpha value is -2.38. The molecular formula is C30H38O. The van der Waals surface area contributed by atoms with Crippen LogP contribution in [0, 0.1) is 0 Å². The van der Waals surface area contributed by atoms with Crippen LogP contribution in [0.3, 0.4) is 0 Å². The third kappa shape index (κ3) is 6.08. The molecule has 0 fully saturated rings. The molecule has 31 heavy (non-hydrogen) atoms. The van der Waals surface area contributed by atoms with Gasteiger partial charge in [-0.2, -0.15) is 0 Å². The minimum absolute atomic E-state index is 0.254. The second kappa shape index (κ2) is 11.9. The van der Waals surface area contributed by atoms with Gasteiger partial charge >= 0.3 is 0 Å². The van der Waals surface area contributed by atoms with Crippen LogP contribution in [0.1, 0.15) is 68.7 Å². The average Bonchev–Trinajstić information content (AvgIpc) is 2.82. The molecule has 0 bridgehead atoms. The highest BCUT2D eigenvalue weighted by atomic mass is 16.2. The van der Waals surface area contributed by atoms with Crippen molar-refractivity contribution >= 4 is 0 Å². The molecule has 0 radical (unpaired) electrons. The summed E-state index contributed by atoms with van der Waals surface area (Å²) < 4.78 is 0. The Kier molecular flexibility index (Phi) is 8.91. The van der Waals surface area contributed by atoms with Gasteiger partial charge in [0.2, 0.25) is 0 Å². The number of aryl methyl sites for hydroxylation is 4. The Labute approximate surface area is 189 Å². The van der Waals surface area contributed by atoms with E-state index >= 15 is 0 Å². The second-order valence-electron chi connectivity index (χ2n) is 8.55. The van der Waals surface area contributed by atoms with E-state index in [-0.39, 0.29) is 6.61 Å². The zero-order valence-electron chi connectivity index (χ0n) is 19.6. The van der Waals surface area contributed by atoms with E-state index in [9.17, 15) is 0 Å². The van der Waals surface area contributed by atoms with Crippen LogP contribution in [0.15, 0.2) is 60.7 Å². The third-order valence-corrected chi connectivity index (χ3v) is 6.31. The van der Waals surface area contributed by atoms with Crippen molar-refractivity contribution in [2.45, 2.75) is 72.1 Å². The standard InChI is InChI=1S/C30H38O/c1-4-7-8-10-23-12-15-27(16-13-23)29-19-17-28(22-26(29)6-3)30-18-14-24(11-9-20-31)21-25(30)5-2/h12-19,21-22,31H,4-11,20H2,1-3H3. The summed E-state index contributed by atoms with van der Waals surface area (Å²) in [6, 6.07) is 23.0. The first kappa shape index (κ1) is 23.3. The van der Waals surface area contributed by atoms with Gasteiger partial charge in [-0.1, -0.05) is 94.3 Å². The summed E-state index contributed by atoms with van der Waals surface area (Å²) in [5, 5.41) is 9.13. The molecule has 0 saturated carbocycles. The first-order chi connectivity index (χ1) is 15.2. The fourth-order valence-electron chi connectivity index (χ4n) is 4.43. The fraction of sp³-hybridized carbons (Fsp3) is 0.400. The molecule has 0 heterocycles. The molecule has 1 nitrogen and oxygen atoms in total. The highest BCUT2D eigenvalue weighted by molar-refractivity contribution is 5.75. The van der Waals surface area contributed by atoms with Crippen molar-refractivity contribution in [3.8, 4) is 22.3 Å². The molecule has 0 aliphatic carbocycles.